The number of esters is 1. The minimum absolute atomic E-state index is 0.0896. The van der Waals surface area contributed by atoms with Crippen LogP contribution < -0.4 is 0 Å². The van der Waals surface area contributed by atoms with Gasteiger partial charge in [0.05, 0.1) is 12.7 Å². The molecule has 166 valence electrons. The van der Waals surface area contributed by atoms with Gasteiger partial charge in [0.1, 0.15) is 5.60 Å². The van der Waals surface area contributed by atoms with Gasteiger partial charge in [-0.1, -0.05) is 48.5 Å². The van der Waals surface area contributed by atoms with Crippen LogP contribution in [0.4, 0.5) is 0 Å². The molecule has 1 aliphatic rings. The molecule has 0 radical (unpaired) electrons. The Kier molecular flexibility index (Phi) is 7.83. The molecular formula is C21H44O5Si2. The lowest BCUT2D eigenvalue weighted by Gasteiger charge is -2.44. The van der Waals surface area contributed by atoms with Crippen molar-refractivity contribution in [1.29, 1.82) is 0 Å². The molecule has 0 aromatic carbocycles. The van der Waals surface area contributed by atoms with E-state index in [4.69, 9.17) is 18.3 Å². The topological polar surface area (TPSA) is 54.0 Å². The Morgan fingerprint density at radius 3 is 1.93 bits per heavy atom. The highest BCUT2D eigenvalue weighted by Crippen LogP contribution is 2.45. The molecule has 0 bridgehead atoms. The zero-order valence-corrected chi connectivity index (χ0v) is 22.3. The summed E-state index contributed by atoms with van der Waals surface area (Å²) in [6, 6.07) is 0. The first kappa shape index (κ1) is 25.8. The lowest BCUT2D eigenvalue weighted by Crippen LogP contribution is -2.54. The van der Waals surface area contributed by atoms with Crippen molar-refractivity contribution in [3.05, 3.63) is 0 Å². The van der Waals surface area contributed by atoms with E-state index in [1.807, 2.05) is 0 Å². The van der Waals surface area contributed by atoms with Crippen LogP contribution in [0.2, 0.25) is 36.3 Å². The van der Waals surface area contributed by atoms with Gasteiger partial charge >= 0.3 is 5.97 Å². The first-order chi connectivity index (χ1) is 12.4. The van der Waals surface area contributed by atoms with Crippen molar-refractivity contribution >= 4 is 22.6 Å². The molecule has 0 aromatic rings. The highest BCUT2D eigenvalue weighted by Gasteiger charge is 2.54. The number of hydrogen-bond donors (Lipinski definition) is 0. The minimum Gasteiger partial charge on any atom is -0.436 e. The number of hydrogen-bond acceptors (Lipinski definition) is 5. The van der Waals surface area contributed by atoms with Gasteiger partial charge in [0.15, 0.2) is 16.6 Å². The van der Waals surface area contributed by atoms with Crippen LogP contribution in [0.3, 0.4) is 0 Å². The van der Waals surface area contributed by atoms with Crippen LogP contribution >= 0.6 is 0 Å². The van der Waals surface area contributed by atoms with Crippen LogP contribution in [-0.4, -0.2) is 47.2 Å². The molecule has 1 aliphatic heterocycles. The van der Waals surface area contributed by atoms with E-state index in [1.54, 1.807) is 0 Å². The molecule has 0 aliphatic carbocycles. The van der Waals surface area contributed by atoms with Crippen LogP contribution in [0.15, 0.2) is 0 Å². The van der Waals surface area contributed by atoms with Crippen LogP contribution in [0.5, 0.6) is 0 Å². The maximum absolute atomic E-state index is 11.5. The molecule has 1 rings (SSSR count). The molecule has 0 unspecified atom stereocenters. The summed E-state index contributed by atoms with van der Waals surface area (Å²) in [6.07, 6.45) is 0.585. The van der Waals surface area contributed by atoms with Crippen molar-refractivity contribution in [1.82, 2.24) is 0 Å². The van der Waals surface area contributed by atoms with Crippen molar-refractivity contribution in [2.45, 2.75) is 122 Å². The molecule has 1 saturated heterocycles. The first-order valence-electron chi connectivity index (χ1n) is 10.5. The summed E-state index contributed by atoms with van der Waals surface area (Å²) >= 11 is 0. The van der Waals surface area contributed by atoms with Gasteiger partial charge in [0.2, 0.25) is 6.29 Å². The lowest BCUT2D eigenvalue weighted by atomic mass is 9.95. The molecule has 28 heavy (non-hydrogen) atoms. The number of carbonyl (C=O) groups is 1. The molecule has 0 aromatic heterocycles. The zero-order valence-electron chi connectivity index (χ0n) is 20.3. The van der Waals surface area contributed by atoms with Gasteiger partial charge in [0.25, 0.3) is 0 Å². The third-order valence-electron chi connectivity index (χ3n) is 6.98. The average molecular weight is 433 g/mol. The standard InChI is InChI=1S/C21H44O5Si2/c1-13-21(15-23-27(9,10)19(3,4)5)17(14-18(25-21)24-16(2)22)26-28(11,12)20(6,7)8/h17-18H,13-15H2,1-12H3/t17-,18+,21-/m1/s1. The van der Waals surface area contributed by atoms with Gasteiger partial charge in [-0.05, 0) is 42.7 Å². The third kappa shape index (κ3) is 5.91. The highest BCUT2D eigenvalue weighted by atomic mass is 28.4. The van der Waals surface area contributed by atoms with E-state index in [-0.39, 0.29) is 22.1 Å². The number of ether oxygens (including phenoxy) is 2. The van der Waals surface area contributed by atoms with Gasteiger partial charge in [-0.25, -0.2) is 0 Å². The quantitative estimate of drug-likeness (QED) is 0.373. The molecule has 1 heterocycles. The number of carbonyl (C=O) groups excluding carboxylic acids is 1. The second-order valence-electron chi connectivity index (χ2n) is 11.2. The molecule has 0 saturated carbocycles. The monoisotopic (exact) mass is 432 g/mol. The van der Waals surface area contributed by atoms with Crippen molar-refractivity contribution in [2.24, 2.45) is 0 Å². The smallest absolute Gasteiger partial charge is 0.304 e. The van der Waals surface area contributed by atoms with Crippen molar-refractivity contribution < 1.29 is 23.1 Å². The summed E-state index contributed by atoms with van der Waals surface area (Å²) in [4.78, 5) is 11.5. The SMILES string of the molecule is CC[C@]1(CO[Si](C)(C)C(C)(C)C)O[C@H](OC(C)=O)C[C@H]1O[Si](C)(C)C(C)(C)C. The van der Waals surface area contributed by atoms with E-state index in [2.05, 4.69) is 74.7 Å². The minimum atomic E-state index is -2.02. The van der Waals surface area contributed by atoms with Gasteiger partial charge in [-0.2, -0.15) is 0 Å². The molecule has 5 nitrogen and oxygen atoms in total. The fourth-order valence-corrected chi connectivity index (χ4v) is 5.19. The van der Waals surface area contributed by atoms with E-state index >= 15 is 0 Å². The summed E-state index contributed by atoms with van der Waals surface area (Å²) in [5.74, 6) is -0.326. The van der Waals surface area contributed by atoms with Gasteiger partial charge in [-0.3, -0.25) is 4.79 Å². The molecule has 0 spiro atoms. The average Bonchev–Trinajstić information content (AvgIpc) is 2.79. The summed E-state index contributed by atoms with van der Waals surface area (Å²) in [6.45, 7) is 26.4. The van der Waals surface area contributed by atoms with E-state index in [1.165, 1.54) is 6.92 Å². The second kappa shape index (κ2) is 8.49. The Morgan fingerprint density at radius 1 is 1.04 bits per heavy atom. The van der Waals surface area contributed by atoms with Gasteiger partial charge in [0, 0.05) is 13.3 Å². The first-order valence-corrected chi connectivity index (χ1v) is 16.4. The predicted octanol–water partition coefficient (Wildman–Crippen LogP) is 5.86. The predicted molar refractivity (Wildman–Crippen MR) is 119 cm³/mol. The van der Waals surface area contributed by atoms with Gasteiger partial charge in [-0.15, -0.1) is 0 Å². The molecule has 3 atom stereocenters. The molecule has 1 fully saturated rings. The Bertz CT molecular complexity index is 548. The van der Waals surface area contributed by atoms with Crippen LogP contribution in [0.25, 0.3) is 0 Å². The van der Waals surface area contributed by atoms with E-state index in [9.17, 15) is 4.79 Å². The Labute approximate surface area is 175 Å². The maximum Gasteiger partial charge on any atom is 0.304 e. The summed E-state index contributed by atoms with van der Waals surface area (Å²) in [5.41, 5.74) is -0.592. The fraction of sp³-hybridized carbons (Fsp3) is 0.952. The molecule has 0 amide bonds. The summed E-state index contributed by atoms with van der Waals surface area (Å²) in [5, 5.41) is 0.206. The molecular weight excluding hydrogens is 388 g/mol. The van der Waals surface area contributed by atoms with Crippen molar-refractivity contribution in [3.8, 4) is 0 Å². The van der Waals surface area contributed by atoms with Gasteiger partial charge < -0.3 is 18.3 Å². The van der Waals surface area contributed by atoms with Crippen molar-refractivity contribution in [2.75, 3.05) is 6.61 Å². The Morgan fingerprint density at radius 2 is 1.54 bits per heavy atom. The second-order valence-corrected chi connectivity index (χ2v) is 20.8. The van der Waals surface area contributed by atoms with E-state index in [0.29, 0.717) is 13.0 Å². The van der Waals surface area contributed by atoms with Crippen LogP contribution in [-0.2, 0) is 23.1 Å². The Balaban J connectivity index is 3.15. The van der Waals surface area contributed by atoms with Crippen molar-refractivity contribution in [3.63, 3.8) is 0 Å². The normalized spacial score (nSPS) is 27.1. The summed E-state index contributed by atoms with van der Waals surface area (Å²) < 4.78 is 25.1. The third-order valence-corrected chi connectivity index (χ3v) is 15.9. The zero-order chi connectivity index (χ0) is 22.2. The lowest BCUT2D eigenvalue weighted by molar-refractivity contribution is -0.195. The fourth-order valence-electron chi connectivity index (χ4n) is 2.78. The van der Waals surface area contributed by atoms with Crippen LogP contribution in [0, 0.1) is 0 Å². The summed E-state index contributed by atoms with van der Waals surface area (Å²) in [7, 11) is -3.97. The maximum atomic E-state index is 11.5. The number of rotatable bonds is 7. The highest BCUT2D eigenvalue weighted by molar-refractivity contribution is 6.74. The largest absolute Gasteiger partial charge is 0.436 e. The van der Waals surface area contributed by atoms with E-state index in [0.717, 1.165) is 6.42 Å². The van der Waals surface area contributed by atoms with E-state index < -0.39 is 28.5 Å². The Hall–Kier alpha value is -0.216. The molecule has 7 heteroatoms. The molecule has 0 N–H and O–H groups in total. The van der Waals surface area contributed by atoms with Crippen LogP contribution in [0.1, 0.15) is 68.2 Å².